The summed E-state index contributed by atoms with van der Waals surface area (Å²) in [6.07, 6.45) is 2.78. The molecule has 0 bridgehead atoms. The molecule has 0 fully saturated rings. The van der Waals surface area contributed by atoms with Crippen LogP contribution < -0.4 is 30.3 Å². The summed E-state index contributed by atoms with van der Waals surface area (Å²) in [5.74, 6) is -0.745. The second kappa shape index (κ2) is 13.6. The van der Waals surface area contributed by atoms with Crippen molar-refractivity contribution in [3.8, 4) is 17.2 Å². The molecule has 3 N–H and O–H groups in total. The van der Waals surface area contributed by atoms with Crippen molar-refractivity contribution in [1.82, 2.24) is 10.7 Å². The number of anilines is 1. The van der Waals surface area contributed by atoms with Crippen LogP contribution in [0.4, 0.5) is 5.69 Å². The third-order valence-corrected chi connectivity index (χ3v) is 4.63. The van der Waals surface area contributed by atoms with E-state index in [4.69, 9.17) is 14.2 Å². The van der Waals surface area contributed by atoms with Gasteiger partial charge in [-0.15, -0.1) is 6.58 Å². The number of benzene rings is 2. The predicted molar refractivity (Wildman–Crippen MR) is 131 cm³/mol. The number of carbonyl (C=O) groups excluding carboxylic acids is 3. The number of hydrogen-bond acceptors (Lipinski definition) is 7. The first-order valence-corrected chi connectivity index (χ1v) is 10.9. The minimum absolute atomic E-state index is 0.166. The van der Waals surface area contributed by atoms with Crippen LogP contribution in [0.2, 0.25) is 0 Å². The smallest absolute Gasteiger partial charge is 0.329 e. The summed E-state index contributed by atoms with van der Waals surface area (Å²) in [5, 5.41) is 8.83. The van der Waals surface area contributed by atoms with Crippen molar-refractivity contribution >= 4 is 45.6 Å². The van der Waals surface area contributed by atoms with Gasteiger partial charge < -0.3 is 24.8 Å². The molecule has 11 heteroatoms. The average Bonchev–Trinajstić information content (AvgIpc) is 2.82. The Hall–Kier alpha value is -3.86. The van der Waals surface area contributed by atoms with Crippen molar-refractivity contribution < 1.29 is 28.6 Å². The van der Waals surface area contributed by atoms with E-state index >= 15 is 0 Å². The van der Waals surface area contributed by atoms with Gasteiger partial charge >= 0.3 is 11.8 Å². The molecule has 0 aliphatic rings. The normalized spacial score (nSPS) is 10.3. The summed E-state index contributed by atoms with van der Waals surface area (Å²) in [5.41, 5.74) is 3.27. The van der Waals surface area contributed by atoms with Crippen molar-refractivity contribution in [2.75, 3.05) is 32.2 Å². The molecule has 0 aromatic heterocycles. The molecule has 0 spiro atoms. The maximum Gasteiger partial charge on any atom is 0.329 e. The van der Waals surface area contributed by atoms with E-state index < -0.39 is 11.8 Å². The largest absolute Gasteiger partial charge is 0.494 e. The van der Waals surface area contributed by atoms with Gasteiger partial charge in [0.05, 0.1) is 24.4 Å². The Labute approximate surface area is 205 Å². The third-order valence-electron chi connectivity index (χ3n) is 4.04. The highest BCUT2D eigenvalue weighted by Gasteiger charge is 2.14. The van der Waals surface area contributed by atoms with Crippen LogP contribution in [0.5, 0.6) is 17.2 Å². The second-order valence-electron chi connectivity index (χ2n) is 6.53. The van der Waals surface area contributed by atoms with Crippen LogP contribution in [-0.2, 0) is 14.4 Å². The van der Waals surface area contributed by atoms with Gasteiger partial charge in [-0.1, -0.05) is 6.08 Å². The number of halogens is 1. The Bertz CT molecular complexity index is 1060. The average molecular weight is 533 g/mol. The Morgan fingerprint density at radius 1 is 1.12 bits per heavy atom. The van der Waals surface area contributed by atoms with Gasteiger partial charge in [0.15, 0.2) is 18.1 Å². The molecule has 2 aromatic carbocycles. The molecule has 0 atom stereocenters. The van der Waals surface area contributed by atoms with Crippen molar-refractivity contribution in [2.24, 2.45) is 5.10 Å². The molecule has 180 valence electrons. The van der Waals surface area contributed by atoms with Crippen LogP contribution >= 0.6 is 15.9 Å². The molecular formula is C23H25BrN4O6. The highest BCUT2D eigenvalue weighted by molar-refractivity contribution is 9.10. The lowest BCUT2D eigenvalue weighted by molar-refractivity contribution is -0.139. The molecule has 0 saturated carbocycles. The molecule has 0 radical (unpaired) electrons. The summed E-state index contributed by atoms with van der Waals surface area (Å²) in [6, 6.07) is 10.2. The van der Waals surface area contributed by atoms with E-state index in [9.17, 15) is 14.4 Å². The first-order chi connectivity index (χ1) is 16.4. The van der Waals surface area contributed by atoms with E-state index in [0.717, 1.165) is 0 Å². The lowest BCUT2D eigenvalue weighted by Gasteiger charge is -2.13. The number of hydrogen-bond donors (Lipinski definition) is 3. The Morgan fingerprint density at radius 2 is 1.85 bits per heavy atom. The van der Waals surface area contributed by atoms with Gasteiger partial charge in [0.25, 0.3) is 5.91 Å². The highest BCUT2D eigenvalue weighted by Crippen LogP contribution is 2.36. The Morgan fingerprint density at radius 3 is 2.50 bits per heavy atom. The second-order valence-corrected chi connectivity index (χ2v) is 7.38. The van der Waals surface area contributed by atoms with E-state index in [1.165, 1.54) is 19.4 Å². The molecular weight excluding hydrogens is 508 g/mol. The minimum atomic E-state index is -0.914. The van der Waals surface area contributed by atoms with Gasteiger partial charge in [0, 0.05) is 12.2 Å². The number of rotatable bonds is 11. The van der Waals surface area contributed by atoms with Crippen molar-refractivity contribution in [2.45, 2.75) is 6.92 Å². The van der Waals surface area contributed by atoms with Gasteiger partial charge in [0.2, 0.25) is 0 Å². The lowest BCUT2D eigenvalue weighted by Crippen LogP contribution is -2.37. The summed E-state index contributed by atoms with van der Waals surface area (Å²) < 4.78 is 16.8. The zero-order chi connectivity index (χ0) is 24.9. The fourth-order valence-electron chi connectivity index (χ4n) is 2.55. The third kappa shape index (κ3) is 8.24. The monoisotopic (exact) mass is 532 g/mol. The van der Waals surface area contributed by atoms with Crippen molar-refractivity contribution in [3.05, 3.63) is 59.1 Å². The molecule has 0 unspecified atom stereocenters. The molecule has 10 nitrogen and oxygen atoms in total. The maximum atomic E-state index is 12.3. The standard InChI is InChI=1S/C23H25BrN4O6/c1-4-10-25-22(30)23(31)28-26-13-15-11-18(24)21(19(12-15)32-3)34-14-20(29)27-16-6-8-17(9-7-16)33-5-2/h4,6-9,11-13H,1,5,10,14H2,2-3H3,(H,25,30)(H,27,29)(H,28,31)/b26-13-. The number of hydrazone groups is 1. The molecule has 34 heavy (non-hydrogen) atoms. The quantitative estimate of drug-likeness (QED) is 0.176. The van der Waals surface area contributed by atoms with E-state index in [1.54, 1.807) is 36.4 Å². The minimum Gasteiger partial charge on any atom is -0.494 e. The summed E-state index contributed by atoms with van der Waals surface area (Å²) in [7, 11) is 1.45. The SMILES string of the molecule is C=CCNC(=O)C(=O)N/N=C\c1cc(Br)c(OCC(=O)Nc2ccc(OCC)cc2)c(OC)c1. The van der Waals surface area contributed by atoms with Crippen molar-refractivity contribution in [3.63, 3.8) is 0 Å². The number of ether oxygens (including phenoxy) is 3. The topological polar surface area (TPSA) is 127 Å². The number of carbonyl (C=O) groups is 3. The summed E-state index contributed by atoms with van der Waals surface area (Å²) in [4.78, 5) is 35.4. The van der Waals surface area contributed by atoms with E-state index in [1.807, 2.05) is 6.92 Å². The molecule has 0 aliphatic carbocycles. The molecule has 0 saturated heterocycles. The Kier molecular flexibility index (Phi) is 10.6. The fraction of sp³-hybridized carbons (Fsp3) is 0.217. The van der Waals surface area contributed by atoms with Gasteiger partial charge in [-0.05, 0) is 64.8 Å². The zero-order valence-electron chi connectivity index (χ0n) is 18.7. The number of nitrogens with one attached hydrogen (secondary N) is 3. The number of nitrogens with zero attached hydrogens (tertiary/aromatic N) is 1. The lowest BCUT2D eigenvalue weighted by atomic mass is 10.2. The van der Waals surface area contributed by atoms with Gasteiger partial charge in [0.1, 0.15) is 5.75 Å². The fourth-order valence-corrected chi connectivity index (χ4v) is 3.13. The van der Waals surface area contributed by atoms with E-state index in [0.29, 0.717) is 39.6 Å². The van der Waals surface area contributed by atoms with E-state index in [-0.39, 0.29) is 19.1 Å². The van der Waals surface area contributed by atoms with Crippen LogP contribution in [0.15, 0.2) is 58.6 Å². The van der Waals surface area contributed by atoms with Crippen LogP contribution in [0.25, 0.3) is 0 Å². The number of amides is 3. The maximum absolute atomic E-state index is 12.3. The highest BCUT2D eigenvalue weighted by atomic mass is 79.9. The zero-order valence-corrected chi connectivity index (χ0v) is 20.3. The summed E-state index contributed by atoms with van der Waals surface area (Å²) >= 11 is 3.38. The van der Waals surface area contributed by atoms with Gasteiger partial charge in [-0.25, -0.2) is 5.43 Å². The molecule has 0 aliphatic heterocycles. The number of methoxy groups -OCH3 is 1. The van der Waals surface area contributed by atoms with Gasteiger partial charge in [-0.2, -0.15) is 5.10 Å². The van der Waals surface area contributed by atoms with Gasteiger partial charge in [-0.3, -0.25) is 14.4 Å². The first-order valence-electron chi connectivity index (χ1n) is 10.1. The Balaban J connectivity index is 1.97. The van der Waals surface area contributed by atoms with E-state index in [2.05, 4.69) is 43.7 Å². The van der Waals surface area contributed by atoms with Crippen LogP contribution in [0.1, 0.15) is 12.5 Å². The predicted octanol–water partition coefficient (Wildman–Crippen LogP) is 2.63. The molecule has 2 aromatic rings. The molecule has 2 rings (SSSR count). The molecule has 0 heterocycles. The van der Waals surface area contributed by atoms with Crippen LogP contribution in [0, 0.1) is 0 Å². The van der Waals surface area contributed by atoms with Crippen LogP contribution in [0.3, 0.4) is 0 Å². The molecule has 3 amide bonds. The van der Waals surface area contributed by atoms with Crippen LogP contribution in [-0.4, -0.2) is 50.8 Å². The van der Waals surface area contributed by atoms with Crippen molar-refractivity contribution in [1.29, 1.82) is 0 Å². The first kappa shape index (κ1) is 26.4. The summed E-state index contributed by atoms with van der Waals surface area (Å²) in [6.45, 7) is 5.80.